The number of carbonyl (C=O) groups excluding carboxylic acids is 1. The SMILES string of the molecule is Cc1nc(Cl)c(C=O)c(N(C)CC(C)(C)O)n1. The van der Waals surface area contributed by atoms with E-state index in [0.717, 1.165) is 0 Å². The molecule has 0 spiro atoms. The number of hydrogen-bond acceptors (Lipinski definition) is 5. The number of nitrogens with zero attached hydrogens (tertiary/aromatic N) is 3. The van der Waals surface area contributed by atoms with Gasteiger partial charge in [0.15, 0.2) is 6.29 Å². The van der Waals surface area contributed by atoms with Crippen molar-refractivity contribution in [3.63, 3.8) is 0 Å². The lowest BCUT2D eigenvalue weighted by Crippen LogP contribution is -2.37. The largest absolute Gasteiger partial charge is 0.389 e. The van der Waals surface area contributed by atoms with E-state index < -0.39 is 5.60 Å². The predicted octanol–water partition coefficient (Wildman–Crippen LogP) is 1.46. The van der Waals surface area contributed by atoms with Crippen molar-refractivity contribution in [2.75, 3.05) is 18.5 Å². The summed E-state index contributed by atoms with van der Waals surface area (Å²) in [6, 6.07) is 0. The zero-order valence-corrected chi connectivity index (χ0v) is 11.1. The van der Waals surface area contributed by atoms with Crippen LogP contribution < -0.4 is 4.90 Å². The van der Waals surface area contributed by atoms with Crippen LogP contribution in [0.5, 0.6) is 0 Å². The quantitative estimate of drug-likeness (QED) is 0.653. The highest BCUT2D eigenvalue weighted by molar-refractivity contribution is 6.32. The molecule has 17 heavy (non-hydrogen) atoms. The lowest BCUT2D eigenvalue weighted by molar-refractivity contribution is 0.0882. The number of aryl methyl sites for hydroxylation is 1. The molecule has 5 nitrogen and oxygen atoms in total. The van der Waals surface area contributed by atoms with Gasteiger partial charge in [-0.2, -0.15) is 0 Å². The highest BCUT2D eigenvalue weighted by Gasteiger charge is 2.20. The molecule has 1 N–H and O–H groups in total. The monoisotopic (exact) mass is 257 g/mol. The molecule has 0 saturated heterocycles. The van der Waals surface area contributed by atoms with E-state index in [2.05, 4.69) is 9.97 Å². The summed E-state index contributed by atoms with van der Waals surface area (Å²) in [4.78, 5) is 20.8. The molecule has 94 valence electrons. The summed E-state index contributed by atoms with van der Waals surface area (Å²) in [6.07, 6.45) is 0.623. The lowest BCUT2D eigenvalue weighted by Gasteiger charge is -2.27. The average molecular weight is 258 g/mol. The Balaban J connectivity index is 3.16. The lowest BCUT2D eigenvalue weighted by atomic mass is 10.1. The van der Waals surface area contributed by atoms with Gasteiger partial charge >= 0.3 is 0 Å². The highest BCUT2D eigenvalue weighted by Crippen LogP contribution is 2.22. The molecule has 0 unspecified atom stereocenters. The number of anilines is 1. The number of carbonyl (C=O) groups is 1. The summed E-state index contributed by atoms with van der Waals surface area (Å²) in [5.74, 6) is 0.915. The van der Waals surface area contributed by atoms with Gasteiger partial charge in [0.2, 0.25) is 0 Å². The molecule has 0 bridgehead atoms. The van der Waals surface area contributed by atoms with Crippen LogP contribution in [-0.2, 0) is 0 Å². The Morgan fingerprint density at radius 1 is 1.47 bits per heavy atom. The van der Waals surface area contributed by atoms with Crippen molar-refractivity contribution in [3.05, 3.63) is 16.5 Å². The number of aliphatic hydroxyl groups is 1. The molecule has 1 aromatic heterocycles. The molecule has 0 amide bonds. The maximum Gasteiger partial charge on any atom is 0.156 e. The number of hydrogen-bond donors (Lipinski definition) is 1. The smallest absolute Gasteiger partial charge is 0.156 e. The summed E-state index contributed by atoms with van der Waals surface area (Å²) in [6.45, 7) is 5.39. The summed E-state index contributed by atoms with van der Waals surface area (Å²) in [7, 11) is 1.74. The standard InChI is InChI=1S/C11H16ClN3O2/c1-7-13-9(12)8(5-16)10(14-7)15(4)6-11(2,3)17/h5,17H,6H2,1-4H3. The van der Waals surface area contributed by atoms with E-state index in [4.69, 9.17) is 11.6 Å². The number of likely N-dealkylation sites (N-methyl/N-ethyl adjacent to an activating group) is 1. The van der Waals surface area contributed by atoms with Gasteiger partial charge in [-0.3, -0.25) is 4.79 Å². The summed E-state index contributed by atoms with van der Waals surface area (Å²) < 4.78 is 0. The highest BCUT2D eigenvalue weighted by atomic mass is 35.5. The minimum Gasteiger partial charge on any atom is -0.389 e. The molecule has 6 heteroatoms. The molecule has 1 heterocycles. The van der Waals surface area contributed by atoms with Gasteiger partial charge in [-0.1, -0.05) is 11.6 Å². The van der Waals surface area contributed by atoms with E-state index in [1.54, 1.807) is 32.7 Å². The zero-order valence-electron chi connectivity index (χ0n) is 10.4. The summed E-state index contributed by atoms with van der Waals surface area (Å²) >= 11 is 5.88. The van der Waals surface area contributed by atoms with Gasteiger partial charge in [-0.25, -0.2) is 9.97 Å². The molecule has 0 atom stereocenters. The third-order valence-corrected chi connectivity index (χ3v) is 2.38. The molecule has 0 aromatic carbocycles. The van der Waals surface area contributed by atoms with Crippen LogP contribution in [0.25, 0.3) is 0 Å². The van der Waals surface area contributed by atoms with Crippen LogP contribution in [-0.4, -0.2) is 40.6 Å². The maximum absolute atomic E-state index is 11.0. The number of halogens is 1. The molecule has 0 saturated carbocycles. The van der Waals surface area contributed by atoms with Crippen LogP contribution in [0.2, 0.25) is 5.15 Å². The second kappa shape index (κ2) is 4.98. The molecule has 1 aromatic rings. The number of rotatable bonds is 4. The van der Waals surface area contributed by atoms with Gasteiger partial charge in [0.05, 0.1) is 11.2 Å². The first kappa shape index (κ1) is 13.9. The van der Waals surface area contributed by atoms with E-state index >= 15 is 0 Å². The van der Waals surface area contributed by atoms with E-state index in [9.17, 15) is 9.90 Å². The predicted molar refractivity (Wildman–Crippen MR) is 66.7 cm³/mol. The van der Waals surface area contributed by atoms with Crippen LogP contribution in [0.4, 0.5) is 5.82 Å². The zero-order chi connectivity index (χ0) is 13.2. The molecule has 0 aliphatic heterocycles. The molecule has 0 radical (unpaired) electrons. The fraction of sp³-hybridized carbons (Fsp3) is 0.545. The summed E-state index contributed by atoms with van der Waals surface area (Å²) in [5, 5.41) is 9.87. The first-order valence-corrected chi connectivity index (χ1v) is 5.55. The van der Waals surface area contributed by atoms with E-state index in [-0.39, 0.29) is 10.7 Å². The van der Waals surface area contributed by atoms with Crippen LogP contribution in [0.1, 0.15) is 30.0 Å². The van der Waals surface area contributed by atoms with Gasteiger partial charge in [0.1, 0.15) is 16.8 Å². The van der Waals surface area contributed by atoms with Gasteiger partial charge < -0.3 is 10.0 Å². The van der Waals surface area contributed by atoms with Crippen LogP contribution >= 0.6 is 11.6 Å². The minimum absolute atomic E-state index is 0.130. The molecule has 1 rings (SSSR count). The van der Waals surface area contributed by atoms with Crippen molar-refractivity contribution in [3.8, 4) is 0 Å². The second-order valence-corrected chi connectivity index (χ2v) is 4.94. The third kappa shape index (κ3) is 3.64. The second-order valence-electron chi connectivity index (χ2n) is 4.59. The fourth-order valence-corrected chi connectivity index (χ4v) is 1.83. The Labute approximate surface area is 105 Å². The Morgan fingerprint density at radius 3 is 2.53 bits per heavy atom. The van der Waals surface area contributed by atoms with Crippen molar-refractivity contribution in [1.29, 1.82) is 0 Å². The van der Waals surface area contributed by atoms with Gasteiger partial charge in [0, 0.05) is 13.6 Å². The van der Waals surface area contributed by atoms with Crippen molar-refractivity contribution >= 4 is 23.7 Å². The Kier molecular flexibility index (Phi) is 4.06. The van der Waals surface area contributed by atoms with Crippen LogP contribution in [0, 0.1) is 6.92 Å². The van der Waals surface area contributed by atoms with Crippen molar-refractivity contribution in [1.82, 2.24) is 9.97 Å². The van der Waals surface area contributed by atoms with Gasteiger partial charge in [-0.15, -0.1) is 0 Å². The normalized spacial score (nSPS) is 11.4. The molecule has 0 fully saturated rings. The van der Waals surface area contributed by atoms with E-state index in [0.29, 0.717) is 24.5 Å². The number of aromatic nitrogens is 2. The maximum atomic E-state index is 11.0. The molecule has 0 aliphatic carbocycles. The van der Waals surface area contributed by atoms with Crippen molar-refractivity contribution in [2.24, 2.45) is 0 Å². The number of aldehydes is 1. The minimum atomic E-state index is -0.889. The van der Waals surface area contributed by atoms with E-state index in [1.807, 2.05) is 0 Å². The van der Waals surface area contributed by atoms with Crippen LogP contribution in [0.3, 0.4) is 0 Å². The first-order chi connectivity index (χ1) is 7.74. The van der Waals surface area contributed by atoms with Gasteiger partial charge in [0.25, 0.3) is 0 Å². The third-order valence-electron chi connectivity index (χ3n) is 2.09. The Hall–Kier alpha value is -1.20. The van der Waals surface area contributed by atoms with E-state index in [1.165, 1.54) is 0 Å². The topological polar surface area (TPSA) is 66.3 Å². The molecule has 0 aliphatic rings. The van der Waals surface area contributed by atoms with Crippen molar-refractivity contribution in [2.45, 2.75) is 26.4 Å². The fourth-order valence-electron chi connectivity index (χ4n) is 1.58. The Morgan fingerprint density at radius 2 is 2.06 bits per heavy atom. The average Bonchev–Trinajstić information content (AvgIpc) is 2.13. The van der Waals surface area contributed by atoms with Gasteiger partial charge in [-0.05, 0) is 20.8 Å². The summed E-state index contributed by atoms with van der Waals surface area (Å²) in [5.41, 5.74) is -0.649. The first-order valence-electron chi connectivity index (χ1n) is 5.17. The molecular weight excluding hydrogens is 242 g/mol. The molecular formula is C11H16ClN3O2. The van der Waals surface area contributed by atoms with Crippen molar-refractivity contribution < 1.29 is 9.90 Å². The van der Waals surface area contributed by atoms with Crippen LogP contribution in [0.15, 0.2) is 0 Å². The Bertz CT molecular complexity index is 429.